The third-order valence-corrected chi connectivity index (χ3v) is 3.39. The Morgan fingerprint density at radius 3 is 2.78 bits per heavy atom. The summed E-state index contributed by atoms with van der Waals surface area (Å²) >= 11 is 15.4. The van der Waals surface area contributed by atoms with Crippen molar-refractivity contribution in [2.45, 2.75) is 6.92 Å². The lowest BCUT2D eigenvalue weighted by atomic mass is 10.2. The molecule has 0 saturated heterocycles. The zero-order valence-electron chi connectivity index (χ0n) is 9.54. The van der Waals surface area contributed by atoms with E-state index in [9.17, 15) is 0 Å². The topological polar surface area (TPSA) is 37.8 Å². The van der Waals surface area contributed by atoms with Crippen LogP contribution in [0.3, 0.4) is 0 Å². The molecule has 2 rings (SSSR count). The van der Waals surface area contributed by atoms with Crippen LogP contribution < -0.4 is 5.32 Å². The molecule has 1 N–H and O–H groups in total. The zero-order chi connectivity index (χ0) is 13.1. The standard InChI is InChI=1S/C12H10BrCl2N3/c1-2-16-12-9(13)6-17-11(18-12)8-4-3-7(14)5-10(8)15/h3-6H,2H2,1H3,(H,16,17,18). The molecule has 2 aromatic rings. The number of hydrogen-bond donors (Lipinski definition) is 1. The molecule has 18 heavy (non-hydrogen) atoms. The van der Waals surface area contributed by atoms with Crippen molar-refractivity contribution in [2.75, 3.05) is 11.9 Å². The van der Waals surface area contributed by atoms with Crippen molar-refractivity contribution >= 4 is 44.9 Å². The van der Waals surface area contributed by atoms with Gasteiger partial charge in [-0.2, -0.15) is 0 Å². The molecule has 0 radical (unpaired) electrons. The highest BCUT2D eigenvalue weighted by atomic mass is 79.9. The zero-order valence-corrected chi connectivity index (χ0v) is 12.6. The fourth-order valence-electron chi connectivity index (χ4n) is 1.46. The number of aromatic nitrogens is 2. The van der Waals surface area contributed by atoms with Gasteiger partial charge in [-0.15, -0.1) is 0 Å². The summed E-state index contributed by atoms with van der Waals surface area (Å²) in [5.41, 5.74) is 0.757. The Morgan fingerprint density at radius 2 is 2.11 bits per heavy atom. The van der Waals surface area contributed by atoms with Crippen LogP contribution in [0.5, 0.6) is 0 Å². The van der Waals surface area contributed by atoms with Gasteiger partial charge in [-0.25, -0.2) is 9.97 Å². The Balaban J connectivity index is 2.47. The Kier molecular flexibility index (Phi) is 4.43. The minimum atomic E-state index is 0.535. The van der Waals surface area contributed by atoms with Crippen LogP contribution in [-0.2, 0) is 0 Å². The van der Waals surface area contributed by atoms with Gasteiger partial charge >= 0.3 is 0 Å². The van der Waals surface area contributed by atoms with Crippen molar-refractivity contribution in [3.05, 3.63) is 38.9 Å². The monoisotopic (exact) mass is 345 g/mol. The molecule has 0 aliphatic carbocycles. The van der Waals surface area contributed by atoms with Crippen molar-refractivity contribution in [1.29, 1.82) is 0 Å². The fraction of sp³-hybridized carbons (Fsp3) is 0.167. The number of hydrogen-bond acceptors (Lipinski definition) is 3. The van der Waals surface area contributed by atoms with Crippen LogP contribution in [0, 0.1) is 0 Å². The molecular formula is C12H10BrCl2N3. The quantitative estimate of drug-likeness (QED) is 0.879. The van der Waals surface area contributed by atoms with Gasteiger partial charge in [-0.05, 0) is 41.1 Å². The van der Waals surface area contributed by atoms with Gasteiger partial charge in [0.15, 0.2) is 5.82 Å². The normalized spacial score (nSPS) is 10.4. The molecule has 3 nitrogen and oxygen atoms in total. The highest BCUT2D eigenvalue weighted by molar-refractivity contribution is 9.10. The van der Waals surface area contributed by atoms with Crippen LogP contribution in [0.2, 0.25) is 10.0 Å². The Labute approximate surface area is 124 Å². The molecule has 0 fully saturated rings. The predicted molar refractivity (Wildman–Crippen MR) is 79.4 cm³/mol. The van der Waals surface area contributed by atoms with E-state index in [4.69, 9.17) is 23.2 Å². The first-order valence-electron chi connectivity index (χ1n) is 5.33. The molecular weight excluding hydrogens is 337 g/mol. The van der Waals surface area contributed by atoms with Crippen LogP contribution >= 0.6 is 39.1 Å². The van der Waals surface area contributed by atoms with E-state index in [1.165, 1.54) is 0 Å². The molecule has 1 heterocycles. The third kappa shape index (κ3) is 2.94. The molecule has 0 aliphatic rings. The van der Waals surface area contributed by atoms with Crippen LogP contribution in [0.15, 0.2) is 28.9 Å². The highest BCUT2D eigenvalue weighted by Gasteiger charge is 2.10. The number of nitrogens with one attached hydrogen (secondary N) is 1. The second kappa shape index (κ2) is 5.87. The molecule has 0 amide bonds. The second-order valence-corrected chi connectivity index (χ2v) is 5.24. The van der Waals surface area contributed by atoms with E-state index in [0.29, 0.717) is 15.9 Å². The number of halogens is 3. The Hall–Kier alpha value is -0.840. The summed E-state index contributed by atoms with van der Waals surface area (Å²) in [6.07, 6.45) is 1.70. The van der Waals surface area contributed by atoms with Crippen molar-refractivity contribution in [3.63, 3.8) is 0 Å². The summed E-state index contributed by atoms with van der Waals surface area (Å²) in [6.45, 7) is 2.78. The second-order valence-electron chi connectivity index (χ2n) is 3.54. The maximum atomic E-state index is 6.14. The first-order chi connectivity index (χ1) is 8.61. The van der Waals surface area contributed by atoms with Crippen molar-refractivity contribution in [2.24, 2.45) is 0 Å². The summed E-state index contributed by atoms with van der Waals surface area (Å²) in [5.74, 6) is 1.31. The average Bonchev–Trinajstić information content (AvgIpc) is 2.33. The van der Waals surface area contributed by atoms with Crippen LogP contribution in [-0.4, -0.2) is 16.5 Å². The number of nitrogens with zero attached hydrogens (tertiary/aromatic N) is 2. The first kappa shape index (κ1) is 13.6. The lowest BCUT2D eigenvalue weighted by Crippen LogP contribution is -2.02. The molecule has 0 bridgehead atoms. The van der Waals surface area contributed by atoms with Crippen molar-refractivity contribution in [1.82, 2.24) is 9.97 Å². The molecule has 0 aliphatic heterocycles. The molecule has 1 aromatic carbocycles. The highest BCUT2D eigenvalue weighted by Crippen LogP contribution is 2.30. The molecule has 0 atom stereocenters. The van der Waals surface area contributed by atoms with E-state index in [1.54, 1.807) is 18.3 Å². The van der Waals surface area contributed by atoms with E-state index >= 15 is 0 Å². The van der Waals surface area contributed by atoms with Crippen LogP contribution in [0.4, 0.5) is 5.82 Å². The molecule has 94 valence electrons. The van der Waals surface area contributed by atoms with Gasteiger partial charge in [0.05, 0.1) is 9.50 Å². The Bertz CT molecular complexity index is 575. The molecule has 0 saturated carbocycles. The largest absolute Gasteiger partial charge is 0.369 e. The Morgan fingerprint density at radius 1 is 1.33 bits per heavy atom. The van der Waals surface area contributed by atoms with Gasteiger partial charge in [0, 0.05) is 23.3 Å². The number of anilines is 1. The maximum absolute atomic E-state index is 6.14. The number of rotatable bonds is 3. The van der Waals surface area contributed by atoms with E-state index in [0.717, 1.165) is 22.4 Å². The van der Waals surface area contributed by atoms with E-state index in [-0.39, 0.29) is 0 Å². The summed E-state index contributed by atoms with van der Waals surface area (Å²) < 4.78 is 0.818. The SMILES string of the molecule is CCNc1nc(-c2ccc(Cl)cc2Cl)ncc1Br. The summed E-state index contributed by atoms with van der Waals surface area (Å²) in [6, 6.07) is 5.25. The van der Waals surface area contributed by atoms with Gasteiger partial charge in [0.2, 0.25) is 0 Å². The molecule has 6 heteroatoms. The average molecular weight is 347 g/mol. The van der Waals surface area contributed by atoms with Crippen LogP contribution in [0.1, 0.15) is 6.92 Å². The first-order valence-corrected chi connectivity index (χ1v) is 6.88. The number of benzene rings is 1. The maximum Gasteiger partial charge on any atom is 0.163 e. The van der Waals surface area contributed by atoms with Crippen LogP contribution in [0.25, 0.3) is 11.4 Å². The lowest BCUT2D eigenvalue weighted by Gasteiger charge is -2.08. The van der Waals surface area contributed by atoms with Crippen molar-refractivity contribution in [3.8, 4) is 11.4 Å². The molecule has 1 aromatic heterocycles. The smallest absolute Gasteiger partial charge is 0.163 e. The summed E-state index contributed by atoms with van der Waals surface area (Å²) in [4.78, 5) is 8.68. The third-order valence-electron chi connectivity index (χ3n) is 2.26. The van der Waals surface area contributed by atoms with Gasteiger partial charge in [0.25, 0.3) is 0 Å². The summed E-state index contributed by atoms with van der Waals surface area (Å²) in [5, 5.41) is 4.27. The summed E-state index contributed by atoms with van der Waals surface area (Å²) in [7, 11) is 0. The van der Waals surface area contributed by atoms with Gasteiger partial charge in [0.1, 0.15) is 5.82 Å². The predicted octanol–water partition coefficient (Wildman–Crippen LogP) is 4.64. The van der Waals surface area contributed by atoms with E-state index in [2.05, 4.69) is 31.2 Å². The van der Waals surface area contributed by atoms with Gasteiger partial charge < -0.3 is 5.32 Å². The fourth-order valence-corrected chi connectivity index (χ4v) is 2.28. The molecule has 0 unspecified atom stereocenters. The van der Waals surface area contributed by atoms with Gasteiger partial charge in [-0.1, -0.05) is 23.2 Å². The molecule has 0 spiro atoms. The minimum Gasteiger partial charge on any atom is -0.369 e. The minimum absolute atomic E-state index is 0.535. The lowest BCUT2D eigenvalue weighted by molar-refractivity contribution is 1.10. The van der Waals surface area contributed by atoms with Crippen molar-refractivity contribution < 1.29 is 0 Å². The van der Waals surface area contributed by atoms with E-state index in [1.807, 2.05) is 13.0 Å². The van der Waals surface area contributed by atoms with E-state index < -0.39 is 0 Å². The van der Waals surface area contributed by atoms with Gasteiger partial charge in [-0.3, -0.25) is 0 Å².